The van der Waals surface area contributed by atoms with Crippen LogP contribution >= 0.6 is 11.6 Å². The van der Waals surface area contributed by atoms with Crippen molar-refractivity contribution in [1.82, 2.24) is 5.32 Å². The maximum absolute atomic E-state index is 12.4. The minimum absolute atomic E-state index is 0.0918. The van der Waals surface area contributed by atoms with Crippen molar-refractivity contribution in [3.8, 4) is 0 Å². The van der Waals surface area contributed by atoms with Crippen molar-refractivity contribution in [1.29, 1.82) is 0 Å². The molecule has 132 valence electrons. The fourth-order valence-corrected chi connectivity index (χ4v) is 3.49. The zero-order valence-corrected chi connectivity index (χ0v) is 15.1. The Balaban J connectivity index is 1.67. The van der Waals surface area contributed by atoms with E-state index in [1.165, 1.54) is 12.1 Å². The number of carbonyl (C=O) groups is 1. The quantitative estimate of drug-likeness (QED) is 0.739. The Bertz CT molecular complexity index is 894. The molecule has 6 nitrogen and oxygen atoms in total. The van der Waals surface area contributed by atoms with Gasteiger partial charge in [-0.1, -0.05) is 17.7 Å². The Morgan fingerprint density at radius 2 is 1.72 bits per heavy atom. The van der Waals surface area contributed by atoms with E-state index in [9.17, 15) is 13.2 Å². The number of hydrogen-bond acceptors (Lipinski definition) is 3. The van der Waals surface area contributed by atoms with Crippen LogP contribution in [-0.2, 0) is 10.0 Å². The van der Waals surface area contributed by atoms with Crippen molar-refractivity contribution < 1.29 is 13.2 Å². The number of rotatable bonds is 5. The number of benzene rings is 2. The maximum Gasteiger partial charge on any atom is 0.319 e. The molecule has 3 rings (SSSR count). The Labute approximate surface area is 151 Å². The van der Waals surface area contributed by atoms with Gasteiger partial charge < -0.3 is 10.6 Å². The Hall–Kier alpha value is -2.25. The third kappa shape index (κ3) is 4.64. The normalized spacial score (nSPS) is 14.0. The van der Waals surface area contributed by atoms with Crippen LogP contribution in [0.4, 0.5) is 16.2 Å². The second-order valence-corrected chi connectivity index (χ2v) is 8.06. The van der Waals surface area contributed by atoms with Crippen LogP contribution in [0.5, 0.6) is 0 Å². The number of aryl methyl sites for hydroxylation is 1. The van der Waals surface area contributed by atoms with Gasteiger partial charge in [0.15, 0.2) is 0 Å². The van der Waals surface area contributed by atoms with Crippen molar-refractivity contribution in [3.05, 3.63) is 53.1 Å². The topological polar surface area (TPSA) is 87.3 Å². The summed E-state index contributed by atoms with van der Waals surface area (Å²) in [6, 6.07) is 11.0. The largest absolute Gasteiger partial charge is 0.335 e. The standard InChI is InChI=1S/C17H18ClN3O3S/c1-11-2-9-15(10-16(11)18)25(23,24)21-14-7-5-13(6-8-14)20-17(22)19-12-3-4-12/h2,5-10,12,21H,3-4H2,1H3,(H2,19,20,22). The van der Waals surface area contributed by atoms with Gasteiger partial charge in [-0.15, -0.1) is 0 Å². The summed E-state index contributed by atoms with van der Waals surface area (Å²) in [5, 5.41) is 5.91. The molecule has 0 aliphatic heterocycles. The average Bonchev–Trinajstić information content (AvgIpc) is 3.35. The van der Waals surface area contributed by atoms with Crippen LogP contribution in [0.25, 0.3) is 0 Å². The summed E-state index contributed by atoms with van der Waals surface area (Å²) in [7, 11) is -3.73. The van der Waals surface area contributed by atoms with E-state index < -0.39 is 10.0 Å². The molecule has 8 heteroatoms. The third-order valence-corrected chi connectivity index (χ3v) is 5.55. The number of halogens is 1. The molecule has 3 N–H and O–H groups in total. The van der Waals surface area contributed by atoms with E-state index in [2.05, 4.69) is 15.4 Å². The molecular weight excluding hydrogens is 362 g/mol. The van der Waals surface area contributed by atoms with E-state index in [0.717, 1.165) is 18.4 Å². The summed E-state index contributed by atoms with van der Waals surface area (Å²) in [5.41, 5.74) is 1.78. The highest BCUT2D eigenvalue weighted by molar-refractivity contribution is 7.92. The van der Waals surface area contributed by atoms with Gasteiger partial charge in [0.1, 0.15) is 0 Å². The van der Waals surface area contributed by atoms with Crippen LogP contribution in [0.3, 0.4) is 0 Å². The van der Waals surface area contributed by atoms with Gasteiger partial charge in [0, 0.05) is 22.4 Å². The SMILES string of the molecule is Cc1ccc(S(=O)(=O)Nc2ccc(NC(=O)NC3CC3)cc2)cc1Cl. The van der Waals surface area contributed by atoms with Crippen LogP contribution in [0, 0.1) is 6.92 Å². The molecule has 1 saturated carbocycles. The fourth-order valence-electron chi connectivity index (χ4n) is 2.16. The molecule has 2 amide bonds. The van der Waals surface area contributed by atoms with Crippen LogP contribution in [0.2, 0.25) is 5.02 Å². The lowest BCUT2D eigenvalue weighted by Crippen LogP contribution is -2.30. The lowest BCUT2D eigenvalue weighted by atomic mass is 10.2. The van der Waals surface area contributed by atoms with Gasteiger partial charge in [-0.05, 0) is 61.7 Å². The van der Waals surface area contributed by atoms with Crippen LogP contribution in [-0.4, -0.2) is 20.5 Å². The van der Waals surface area contributed by atoms with Crippen LogP contribution in [0.15, 0.2) is 47.4 Å². The molecule has 2 aromatic rings. The minimum atomic E-state index is -3.73. The number of nitrogens with one attached hydrogen (secondary N) is 3. The summed E-state index contributed by atoms with van der Waals surface area (Å²) >= 11 is 5.99. The van der Waals surface area contributed by atoms with Crippen molar-refractivity contribution in [2.75, 3.05) is 10.0 Å². The van der Waals surface area contributed by atoms with Crippen LogP contribution in [0.1, 0.15) is 18.4 Å². The summed E-state index contributed by atoms with van der Waals surface area (Å²) in [6.45, 7) is 1.80. The predicted octanol–water partition coefficient (Wildman–Crippen LogP) is 3.73. The average molecular weight is 380 g/mol. The maximum atomic E-state index is 12.4. The first-order valence-corrected chi connectivity index (χ1v) is 9.66. The molecule has 1 aliphatic rings. The second kappa shape index (κ2) is 6.93. The molecule has 0 saturated heterocycles. The summed E-state index contributed by atoms with van der Waals surface area (Å²) in [5.74, 6) is 0. The number of urea groups is 1. The summed E-state index contributed by atoms with van der Waals surface area (Å²) in [4.78, 5) is 11.8. The van der Waals surface area contributed by atoms with Crippen molar-refractivity contribution in [2.24, 2.45) is 0 Å². The molecule has 0 bridgehead atoms. The van der Waals surface area contributed by atoms with Gasteiger partial charge in [-0.3, -0.25) is 4.72 Å². The number of hydrogen-bond donors (Lipinski definition) is 3. The van der Waals surface area contributed by atoms with E-state index in [4.69, 9.17) is 11.6 Å². The molecule has 25 heavy (non-hydrogen) atoms. The monoisotopic (exact) mass is 379 g/mol. The van der Waals surface area contributed by atoms with Crippen molar-refractivity contribution in [2.45, 2.75) is 30.7 Å². The van der Waals surface area contributed by atoms with E-state index in [0.29, 0.717) is 16.4 Å². The fraction of sp³-hybridized carbons (Fsp3) is 0.235. The van der Waals surface area contributed by atoms with E-state index in [1.807, 2.05) is 0 Å². The van der Waals surface area contributed by atoms with Gasteiger partial charge in [0.2, 0.25) is 0 Å². The molecule has 0 atom stereocenters. The highest BCUT2D eigenvalue weighted by Crippen LogP contribution is 2.23. The zero-order valence-electron chi connectivity index (χ0n) is 13.5. The van der Waals surface area contributed by atoms with E-state index in [-0.39, 0.29) is 17.0 Å². The van der Waals surface area contributed by atoms with Gasteiger partial charge in [0.25, 0.3) is 10.0 Å². The molecular formula is C17H18ClN3O3S. The molecule has 0 spiro atoms. The van der Waals surface area contributed by atoms with Crippen molar-refractivity contribution in [3.63, 3.8) is 0 Å². The number of anilines is 2. The Morgan fingerprint density at radius 1 is 1.08 bits per heavy atom. The smallest absolute Gasteiger partial charge is 0.319 e. The molecule has 2 aromatic carbocycles. The zero-order chi connectivity index (χ0) is 18.0. The van der Waals surface area contributed by atoms with Crippen molar-refractivity contribution >= 4 is 39.0 Å². The molecule has 0 unspecified atom stereocenters. The predicted molar refractivity (Wildman–Crippen MR) is 98.6 cm³/mol. The minimum Gasteiger partial charge on any atom is -0.335 e. The van der Waals surface area contributed by atoms with E-state index in [1.54, 1.807) is 37.3 Å². The van der Waals surface area contributed by atoms with Crippen LogP contribution < -0.4 is 15.4 Å². The first-order valence-electron chi connectivity index (χ1n) is 7.80. The Morgan fingerprint density at radius 3 is 2.32 bits per heavy atom. The molecule has 0 radical (unpaired) electrons. The van der Waals surface area contributed by atoms with Gasteiger partial charge in [-0.2, -0.15) is 0 Å². The summed E-state index contributed by atoms with van der Waals surface area (Å²) < 4.78 is 27.3. The Kier molecular flexibility index (Phi) is 4.87. The third-order valence-electron chi connectivity index (χ3n) is 3.76. The second-order valence-electron chi connectivity index (χ2n) is 5.97. The van der Waals surface area contributed by atoms with E-state index >= 15 is 0 Å². The highest BCUT2D eigenvalue weighted by atomic mass is 35.5. The lowest BCUT2D eigenvalue weighted by molar-refractivity contribution is 0.251. The first kappa shape index (κ1) is 17.6. The van der Waals surface area contributed by atoms with Gasteiger partial charge in [0.05, 0.1) is 4.90 Å². The van der Waals surface area contributed by atoms with Gasteiger partial charge >= 0.3 is 6.03 Å². The first-order chi connectivity index (χ1) is 11.8. The highest BCUT2D eigenvalue weighted by Gasteiger charge is 2.23. The molecule has 1 aliphatic carbocycles. The molecule has 0 aromatic heterocycles. The number of carbonyl (C=O) groups excluding carboxylic acids is 1. The molecule has 1 fully saturated rings. The lowest BCUT2D eigenvalue weighted by Gasteiger charge is -2.11. The number of sulfonamides is 1. The molecule has 0 heterocycles. The number of amides is 2. The summed E-state index contributed by atoms with van der Waals surface area (Å²) in [6.07, 6.45) is 2.02. The van der Waals surface area contributed by atoms with Gasteiger partial charge in [-0.25, -0.2) is 13.2 Å².